The zero-order chi connectivity index (χ0) is 14.2. The molecule has 7 heteroatoms. The van der Waals surface area contributed by atoms with Crippen LogP contribution in [0.1, 0.15) is 15.9 Å². The number of hydrogen-bond donors (Lipinski definition) is 2. The molecule has 7 nitrogen and oxygen atoms in total. The van der Waals surface area contributed by atoms with Crippen molar-refractivity contribution in [3.63, 3.8) is 0 Å². The Hall–Kier alpha value is -1.99. The van der Waals surface area contributed by atoms with Gasteiger partial charge < -0.3 is 15.1 Å². The maximum Gasteiger partial charge on any atom is 0.273 e. The van der Waals surface area contributed by atoms with Crippen LogP contribution in [0, 0.1) is 17.0 Å². The fourth-order valence-electron chi connectivity index (χ4n) is 2.16. The Labute approximate surface area is 109 Å². The minimum Gasteiger partial charge on any atom is -0.388 e. The SMILES string of the molecule is Cc1c(C(=O)N2C[C@@H](O)[C@@H](O)C2)cccc1[N+](=O)[O-]. The average Bonchev–Trinajstić information content (AvgIpc) is 2.69. The lowest BCUT2D eigenvalue weighted by Gasteiger charge is -2.16. The molecule has 19 heavy (non-hydrogen) atoms. The Morgan fingerprint density at radius 2 is 1.95 bits per heavy atom. The number of hydrogen-bond acceptors (Lipinski definition) is 5. The fraction of sp³-hybridized carbons (Fsp3) is 0.417. The number of rotatable bonds is 2. The van der Waals surface area contributed by atoms with Crippen molar-refractivity contribution in [2.24, 2.45) is 0 Å². The van der Waals surface area contributed by atoms with Crippen LogP contribution in [-0.2, 0) is 0 Å². The van der Waals surface area contributed by atoms with Crippen LogP contribution in [0.2, 0.25) is 0 Å². The van der Waals surface area contributed by atoms with E-state index in [4.69, 9.17) is 0 Å². The molecule has 1 aliphatic rings. The normalized spacial score (nSPS) is 22.6. The smallest absolute Gasteiger partial charge is 0.273 e. The molecule has 1 aliphatic heterocycles. The van der Waals surface area contributed by atoms with E-state index in [1.165, 1.54) is 30.0 Å². The summed E-state index contributed by atoms with van der Waals surface area (Å²) in [7, 11) is 0. The molecule has 2 rings (SSSR count). The van der Waals surface area contributed by atoms with Crippen molar-refractivity contribution >= 4 is 11.6 Å². The van der Waals surface area contributed by atoms with Crippen LogP contribution in [0.5, 0.6) is 0 Å². The molecule has 1 saturated heterocycles. The molecule has 0 saturated carbocycles. The zero-order valence-electron chi connectivity index (χ0n) is 10.3. The van der Waals surface area contributed by atoms with E-state index in [1.807, 2.05) is 0 Å². The number of benzene rings is 1. The van der Waals surface area contributed by atoms with Gasteiger partial charge >= 0.3 is 0 Å². The van der Waals surface area contributed by atoms with E-state index < -0.39 is 23.0 Å². The number of nitro benzene ring substituents is 1. The Balaban J connectivity index is 2.30. The molecule has 0 radical (unpaired) electrons. The highest BCUT2D eigenvalue weighted by atomic mass is 16.6. The molecule has 0 aliphatic carbocycles. The molecule has 0 bridgehead atoms. The Morgan fingerprint density at radius 1 is 1.37 bits per heavy atom. The van der Waals surface area contributed by atoms with Gasteiger partial charge in [-0.2, -0.15) is 0 Å². The number of aliphatic hydroxyl groups is 2. The molecule has 102 valence electrons. The summed E-state index contributed by atoms with van der Waals surface area (Å²) in [6, 6.07) is 4.28. The number of nitro groups is 1. The summed E-state index contributed by atoms with van der Waals surface area (Å²) in [5.74, 6) is -0.420. The summed E-state index contributed by atoms with van der Waals surface area (Å²) >= 11 is 0. The van der Waals surface area contributed by atoms with Gasteiger partial charge in [-0.05, 0) is 13.0 Å². The van der Waals surface area contributed by atoms with E-state index in [0.29, 0.717) is 0 Å². The van der Waals surface area contributed by atoms with Gasteiger partial charge in [-0.25, -0.2) is 0 Å². The Morgan fingerprint density at radius 3 is 2.47 bits per heavy atom. The van der Waals surface area contributed by atoms with Gasteiger partial charge in [0.25, 0.3) is 11.6 Å². The summed E-state index contributed by atoms with van der Waals surface area (Å²) in [4.78, 5) is 23.8. The number of likely N-dealkylation sites (tertiary alicyclic amines) is 1. The second-order valence-electron chi connectivity index (χ2n) is 4.55. The molecule has 1 aromatic carbocycles. The topological polar surface area (TPSA) is 104 Å². The third-order valence-electron chi connectivity index (χ3n) is 3.28. The van der Waals surface area contributed by atoms with Crippen LogP contribution in [0.3, 0.4) is 0 Å². The first kappa shape index (κ1) is 13.4. The molecular weight excluding hydrogens is 252 g/mol. The van der Waals surface area contributed by atoms with Crippen molar-refractivity contribution < 1.29 is 19.9 Å². The molecule has 1 heterocycles. The van der Waals surface area contributed by atoms with E-state index in [-0.39, 0.29) is 29.9 Å². The summed E-state index contributed by atoms with van der Waals surface area (Å²) in [6.07, 6.45) is -1.94. The molecule has 0 aromatic heterocycles. The maximum atomic E-state index is 12.2. The lowest BCUT2D eigenvalue weighted by atomic mass is 10.1. The highest BCUT2D eigenvalue weighted by Crippen LogP contribution is 2.23. The van der Waals surface area contributed by atoms with E-state index in [1.54, 1.807) is 0 Å². The van der Waals surface area contributed by atoms with Crippen LogP contribution < -0.4 is 0 Å². The Kier molecular flexibility index (Phi) is 3.50. The van der Waals surface area contributed by atoms with Gasteiger partial charge in [-0.3, -0.25) is 14.9 Å². The van der Waals surface area contributed by atoms with Crippen LogP contribution in [0.25, 0.3) is 0 Å². The maximum absolute atomic E-state index is 12.2. The Bertz CT molecular complexity index is 521. The summed E-state index contributed by atoms with van der Waals surface area (Å²) < 4.78 is 0. The molecule has 1 aromatic rings. The number of nitrogens with zero attached hydrogens (tertiary/aromatic N) is 2. The van der Waals surface area contributed by atoms with E-state index >= 15 is 0 Å². The molecule has 2 atom stereocenters. The van der Waals surface area contributed by atoms with Crippen molar-refractivity contribution in [3.8, 4) is 0 Å². The number of aliphatic hydroxyl groups excluding tert-OH is 2. The van der Waals surface area contributed by atoms with Gasteiger partial charge in [0.05, 0.1) is 17.1 Å². The number of carbonyl (C=O) groups is 1. The van der Waals surface area contributed by atoms with Crippen LogP contribution in [0.15, 0.2) is 18.2 Å². The molecule has 0 spiro atoms. The molecule has 0 unspecified atom stereocenters. The first-order valence-corrected chi connectivity index (χ1v) is 5.81. The second-order valence-corrected chi connectivity index (χ2v) is 4.55. The summed E-state index contributed by atoms with van der Waals surface area (Å²) in [5.41, 5.74) is 0.384. The lowest BCUT2D eigenvalue weighted by Crippen LogP contribution is -2.30. The highest BCUT2D eigenvalue weighted by Gasteiger charge is 2.34. The molecule has 1 fully saturated rings. The number of β-amino-alcohol motifs (C(OH)–C–C–N with tert-alkyl or cyclic N) is 2. The van der Waals surface area contributed by atoms with Gasteiger partial charge in [-0.1, -0.05) is 6.07 Å². The largest absolute Gasteiger partial charge is 0.388 e. The van der Waals surface area contributed by atoms with Gasteiger partial charge in [0, 0.05) is 30.3 Å². The minimum absolute atomic E-state index is 0.0299. The predicted molar refractivity (Wildman–Crippen MR) is 65.8 cm³/mol. The van der Waals surface area contributed by atoms with Gasteiger partial charge in [0.15, 0.2) is 0 Å². The van der Waals surface area contributed by atoms with Crippen molar-refractivity contribution in [2.45, 2.75) is 19.1 Å². The minimum atomic E-state index is -0.969. The standard InChI is InChI=1S/C12H14N2O5/c1-7-8(3-2-4-9(7)14(18)19)12(17)13-5-10(15)11(16)6-13/h2-4,10-11,15-16H,5-6H2,1H3/t10-,11+. The van der Waals surface area contributed by atoms with Crippen LogP contribution in [-0.4, -0.2) is 51.2 Å². The van der Waals surface area contributed by atoms with Crippen LogP contribution in [0.4, 0.5) is 5.69 Å². The number of amides is 1. The number of carbonyl (C=O) groups excluding carboxylic acids is 1. The van der Waals surface area contributed by atoms with Crippen molar-refractivity contribution in [1.82, 2.24) is 4.90 Å². The third-order valence-corrected chi connectivity index (χ3v) is 3.28. The molecule has 1 amide bonds. The van der Waals surface area contributed by atoms with Crippen molar-refractivity contribution in [3.05, 3.63) is 39.4 Å². The zero-order valence-corrected chi connectivity index (χ0v) is 10.3. The average molecular weight is 266 g/mol. The first-order valence-electron chi connectivity index (χ1n) is 5.81. The second kappa shape index (κ2) is 4.94. The predicted octanol–water partition coefficient (Wildman–Crippen LogP) is 0.0808. The van der Waals surface area contributed by atoms with Crippen molar-refractivity contribution in [2.75, 3.05) is 13.1 Å². The summed E-state index contributed by atoms with van der Waals surface area (Å²) in [5, 5.41) is 29.7. The van der Waals surface area contributed by atoms with E-state index in [0.717, 1.165) is 0 Å². The molecular formula is C12H14N2O5. The fourth-order valence-corrected chi connectivity index (χ4v) is 2.16. The lowest BCUT2D eigenvalue weighted by molar-refractivity contribution is -0.385. The highest BCUT2D eigenvalue weighted by molar-refractivity contribution is 5.96. The summed E-state index contributed by atoms with van der Waals surface area (Å²) in [6.45, 7) is 1.57. The molecule has 2 N–H and O–H groups in total. The van der Waals surface area contributed by atoms with Gasteiger partial charge in [-0.15, -0.1) is 0 Å². The van der Waals surface area contributed by atoms with E-state index in [9.17, 15) is 25.1 Å². The van der Waals surface area contributed by atoms with E-state index in [2.05, 4.69) is 0 Å². The third kappa shape index (κ3) is 2.42. The first-order chi connectivity index (χ1) is 8.91. The van der Waals surface area contributed by atoms with Gasteiger partial charge in [0.1, 0.15) is 0 Å². The van der Waals surface area contributed by atoms with Crippen LogP contribution >= 0.6 is 0 Å². The van der Waals surface area contributed by atoms with Crippen molar-refractivity contribution in [1.29, 1.82) is 0 Å². The monoisotopic (exact) mass is 266 g/mol. The van der Waals surface area contributed by atoms with Gasteiger partial charge in [0.2, 0.25) is 0 Å². The quantitative estimate of drug-likeness (QED) is 0.582.